The van der Waals surface area contributed by atoms with Crippen molar-refractivity contribution in [3.63, 3.8) is 0 Å². The van der Waals surface area contributed by atoms with E-state index in [-0.39, 0.29) is 6.23 Å². The van der Waals surface area contributed by atoms with Crippen LogP contribution in [-0.4, -0.2) is 35.9 Å². The van der Waals surface area contributed by atoms with Gasteiger partial charge in [-0.1, -0.05) is 0 Å². The van der Waals surface area contributed by atoms with E-state index in [1.165, 1.54) is 12.8 Å². The second-order valence-electron chi connectivity index (χ2n) is 3.15. The van der Waals surface area contributed by atoms with Crippen LogP contribution in [0.1, 0.15) is 25.7 Å². The minimum absolute atomic E-state index is 0.199. The first-order chi connectivity index (χ1) is 5.34. The highest BCUT2D eigenvalue weighted by Crippen LogP contribution is 2.14. The van der Waals surface area contributed by atoms with Crippen molar-refractivity contribution in [3.8, 4) is 0 Å². The van der Waals surface area contributed by atoms with Gasteiger partial charge in [-0.15, -0.1) is 0 Å². The lowest BCUT2D eigenvalue weighted by Gasteiger charge is -2.31. The fraction of sp³-hybridized carbons (Fsp3) is 1.00. The number of rotatable bonds is 3. The number of piperidine rings is 1. The predicted octanol–water partition coefficient (Wildman–Crippen LogP) is 0.139. The van der Waals surface area contributed by atoms with Crippen molar-refractivity contribution in [1.29, 1.82) is 0 Å². The molecule has 1 unspecified atom stereocenters. The standard InChI is InChI=1S/C8H18N2O/c9-5-3-7-10-6-2-1-4-8(10)11/h8,11H,1-7,9H2. The maximum absolute atomic E-state index is 9.48. The van der Waals surface area contributed by atoms with Crippen LogP contribution in [0.3, 0.4) is 0 Å². The lowest BCUT2D eigenvalue weighted by atomic mass is 10.1. The van der Waals surface area contributed by atoms with E-state index in [1.54, 1.807) is 0 Å². The number of aliphatic hydroxyl groups is 1. The number of hydrogen-bond acceptors (Lipinski definition) is 3. The molecule has 1 fully saturated rings. The fourth-order valence-electron chi connectivity index (χ4n) is 1.53. The lowest BCUT2D eigenvalue weighted by Crippen LogP contribution is -2.40. The van der Waals surface area contributed by atoms with Crippen molar-refractivity contribution >= 4 is 0 Å². The summed E-state index contributed by atoms with van der Waals surface area (Å²) >= 11 is 0. The zero-order valence-corrected chi connectivity index (χ0v) is 7.00. The molecule has 1 saturated heterocycles. The number of hydrogen-bond donors (Lipinski definition) is 2. The van der Waals surface area contributed by atoms with Crippen molar-refractivity contribution in [2.45, 2.75) is 31.9 Å². The summed E-state index contributed by atoms with van der Waals surface area (Å²) in [6, 6.07) is 0. The molecule has 66 valence electrons. The zero-order chi connectivity index (χ0) is 8.10. The van der Waals surface area contributed by atoms with Gasteiger partial charge in [0.1, 0.15) is 6.23 Å². The van der Waals surface area contributed by atoms with Crippen molar-refractivity contribution in [2.24, 2.45) is 5.73 Å². The van der Waals surface area contributed by atoms with Crippen LogP contribution in [0, 0.1) is 0 Å². The molecule has 3 heteroatoms. The Morgan fingerprint density at radius 2 is 2.27 bits per heavy atom. The molecule has 3 N–H and O–H groups in total. The molecule has 0 spiro atoms. The summed E-state index contributed by atoms with van der Waals surface area (Å²) in [6.07, 6.45) is 4.12. The van der Waals surface area contributed by atoms with Crippen LogP contribution in [0.4, 0.5) is 0 Å². The summed E-state index contributed by atoms with van der Waals surface area (Å²) in [7, 11) is 0. The Morgan fingerprint density at radius 3 is 2.91 bits per heavy atom. The summed E-state index contributed by atoms with van der Waals surface area (Å²) < 4.78 is 0. The first-order valence-electron chi connectivity index (χ1n) is 4.47. The normalized spacial score (nSPS) is 27.3. The zero-order valence-electron chi connectivity index (χ0n) is 7.00. The molecule has 0 aromatic carbocycles. The Kier molecular flexibility index (Phi) is 3.83. The molecule has 0 saturated carbocycles. The van der Waals surface area contributed by atoms with Gasteiger partial charge in [0.2, 0.25) is 0 Å². The minimum Gasteiger partial charge on any atom is -0.378 e. The van der Waals surface area contributed by atoms with E-state index in [1.807, 2.05) is 0 Å². The van der Waals surface area contributed by atoms with E-state index >= 15 is 0 Å². The van der Waals surface area contributed by atoms with E-state index in [4.69, 9.17) is 5.73 Å². The Morgan fingerprint density at radius 1 is 1.45 bits per heavy atom. The largest absolute Gasteiger partial charge is 0.378 e. The van der Waals surface area contributed by atoms with Crippen LogP contribution >= 0.6 is 0 Å². The molecule has 0 aromatic rings. The number of nitrogens with two attached hydrogens (primary N) is 1. The van der Waals surface area contributed by atoms with E-state index in [2.05, 4.69) is 4.90 Å². The summed E-state index contributed by atoms with van der Waals surface area (Å²) in [5.41, 5.74) is 5.38. The summed E-state index contributed by atoms with van der Waals surface area (Å²) in [6.45, 7) is 2.72. The predicted molar refractivity (Wildman–Crippen MR) is 45.1 cm³/mol. The molecule has 1 aliphatic rings. The molecule has 1 atom stereocenters. The third-order valence-electron chi connectivity index (χ3n) is 2.23. The van der Waals surface area contributed by atoms with Gasteiger partial charge in [-0.3, -0.25) is 4.90 Å². The minimum atomic E-state index is -0.199. The molecule has 0 bridgehead atoms. The molecule has 1 rings (SSSR count). The number of aliphatic hydroxyl groups excluding tert-OH is 1. The Hall–Kier alpha value is -0.120. The van der Waals surface area contributed by atoms with Crippen molar-refractivity contribution < 1.29 is 5.11 Å². The SMILES string of the molecule is NCCCN1CCCCC1O. The van der Waals surface area contributed by atoms with Crippen LogP contribution in [0.15, 0.2) is 0 Å². The molecule has 0 aromatic heterocycles. The van der Waals surface area contributed by atoms with E-state index < -0.39 is 0 Å². The lowest BCUT2D eigenvalue weighted by molar-refractivity contribution is -0.0236. The van der Waals surface area contributed by atoms with E-state index in [0.29, 0.717) is 0 Å². The van der Waals surface area contributed by atoms with Gasteiger partial charge < -0.3 is 10.8 Å². The van der Waals surface area contributed by atoms with Gasteiger partial charge in [0, 0.05) is 13.1 Å². The van der Waals surface area contributed by atoms with Gasteiger partial charge in [0.15, 0.2) is 0 Å². The number of likely N-dealkylation sites (tertiary alicyclic amines) is 1. The topological polar surface area (TPSA) is 49.5 Å². The maximum Gasteiger partial charge on any atom is 0.107 e. The van der Waals surface area contributed by atoms with Gasteiger partial charge in [-0.05, 0) is 32.2 Å². The molecule has 0 radical (unpaired) electrons. The van der Waals surface area contributed by atoms with E-state index in [9.17, 15) is 5.11 Å². The maximum atomic E-state index is 9.48. The first kappa shape index (κ1) is 8.97. The quantitative estimate of drug-likeness (QED) is 0.614. The summed E-state index contributed by atoms with van der Waals surface area (Å²) in [5, 5.41) is 9.48. The summed E-state index contributed by atoms with van der Waals surface area (Å²) in [5.74, 6) is 0. The highest BCUT2D eigenvalue weighted by atomic mass is 16.3. The summed E-state index contributed by atoms with van der Waals surface area (Å²) in [4.78, 5) is 2.12. The second kappa shape index (κ2) is 4.70. The van der Waals surface area contributed by atoms with Crippen molar-refractivity contribution in [3.05, 3.63) is 0 Å². The van der Waals surface area contributed by atoms with Gasteiger partial charge in [-0.25, -0.2) is 0 Å². The molecule has 1 heterocycles. The van der Waals surface area contributed by atoms with Gasteiger partial charge >= 0.3 is 0 Å². The third-order valence-corrected chi connectivity index (χ3v) is 2.23. The Balaban J connectivity index is 2.18. The highest BCUT2D eigenvalue weighted by molar-refractivity contribution is 4.68. The molecule has 11 heavy (non-hydrogen) atoms. The van der Waals surface area contributed by atoms with Gasteiger partial charge in [0.25, 0.3) is 0 Å². The van der Waals surface area contributed by atoms with Crippen LogP contribution in [0.5, 0.6) is 0 Å². The average molecular weight is 158 g/mol. The van der Waals surface area contributed by atoms with Crippen molar-refractivity contribution in [2.75, 3.05) is 19.6 Å². The monoisotopic (exact) mass is 158 g/mol. The molecule has 3 nitrogen and oxygen atoms in total. The Bertz CT molecular complexity index is 108. The fourth-order valence-corrected chi connectivity index (χ4v) is 1.53. The molecular weight excluding hydrogens is 140 g/mol. The molecular formula is C8H18N2O. The van der Waals surface area contributed by atoms with Crippen LogP contribution in [0.2, 0.25) is 0 Å². The third kappa shape index (κ3) is 2.77. The number of nitrogens with zero attached hydrogens (tertiary/aromatic N) is 1. The molecule has 0 amide bonds. The van der Waals surface area contributed by atoms with E-state index in [0.717, 1.165) is 32.5 Å². The van der Waals surface area contributed by atoms with Crippen LogP contribution in [-0.2, 0) is 0 Å². The Labute approximate surface area is 68.2 Å². The van der Waals surface area contributed by atoms with Crippen molar-refractivity contribution in [1.82, 2.24) is 4.90 Å². The van der Waals surface area contributed by atoms with Crippen LogP contribution < -0.4 is 5.73 Å². The van der Waals surface area contributed by atoms with Gasteiger partial charge in [-0.2, -0.15) is 0 Å². The molecule has 1 aliphatic heterocycles. The second-order valence-corrected chi connectivity index (χ2v) is 3.15. The molecule has 0 aliphatic carbocycles. The average Bonchev–Trinajstić information content (AvgIpc) is 2.03. The highest BCUT2D eigenvalue weighted by Gasteiger charge is 2.18. The van der Waals surface area contributed by atoms with Crippen LogP contribution in [0.25, 0.3) is 0 Å². The first-order valence-corrected chi connectivity index (χ1v) is 4.47. The smallest absolute Gasteiger partial charge is 0.107 e. The van der Waals surface area contributed by atoms with Gasteiger partial charge in [0.05, 0.1) is 0 Å².